The van der Waals surface area contributed by atoms with Crippen LogP contribution in [-0.2, 0) is 14.3 Å². The van der Waals surface area contributed by atoms with Crippen LogP contribution in [0.2, 0.25) is 0 Å². The standard InChI is InChI=1S/C12H11N3.C12H20N2O5/c13-10-6-8-12(9-7-10)15-14-11-4-2-1-3-5-11;1-12(2,3)19-11(18)13-7-9(15)14-6-4-5-8(14)10(16)17/h1-9H,13H2;8H,4-7H2,1-3H3,(H,13,18)(H,16,17)/b15-14+;/t;8-/m.0/s1. The van der Waals surface area contributed by atoms with Gasteiger partial charge in [-0.15, -0.1) is 0 Å². The van der Waals surface area contributed by atoms with Gasteiger partial charge in [0, 0.05) is 12.2 Å². The van der Waals surface area contributed by atoms with E-state index in [1.165, 1.54) is 4.90 Å². The zero-order valence-electron chi connectivity index (χ0n) is 19.6. The van der Waals surface area contributed by atoms with Crippen LogP contribution in [0.1, 0.15) is 33.6 Å². The third-order valence-electron chi connectivity index (χ3n) is 4.57. The molecule has 2 aromatic rings. The largest absolute Gasteiger partial charge is 0.480 e. The Bertz CT molecular complexity index is 987. The number of hydrogen-bond acceptors (Lipinski definition) is 7. The van der Waals surface area contributed by atoms with Crippen molar-refractivity contribution in [2.75, 3.05) is 18.8 Å². The number of amides is 2. The average Bonchev–Trinajstić information content (AvgIpc) is 3.28. The Morgan fingerprint density at radius 2 is 1.65 bits per heavy atom. The number of nitrogens with zero attached hydrogens (tertiary/aromatic N) is 3. The van der Waals surface area contributed by atoms with Crippen molar-refractivity contribution in [2.24, 2.45) is 10.2 Å². The topological polar surface area (TPSA) is 147 Å². The molecule has 2 amide bonds. The molecule has 34 heavy (non-hydrogen) atoms. The average molecular weight is 470 g/mol. The third kappa shape index (κ3) is 9.27. The summed E-state index contributed by atoms with van der Waals surface area (Å²) in [5, 5.41) is 19.5. The van der Waals surface area contributed by atoms with Gasteiger partial charge in [0.2, 0.25) is 5.91 Å². The first-order valence-electron chi connectivity index (χ1n) is 10.9. The molecule has 182 valence electrons. The molecule has 10 nitrogen and oxygen atoms in total. The highest BCUT2D eigenvalue weighted by atomic mass is 16.6. The second-order valence-electron chi connectivity index (χ2n) is 8.57. The summed E-state index contributed by atoms with van der Waals surface area (Å²) < 4.78 is 4.99. The van der Waals surface area contributed by atoms with E-state index in [9.17, 15) is 14.4 Å². The molecule has 3 rings (SSSR count). The van der Waals surface area contributed by atoms with Gasteiger partial charge in [-0.25, -0.2) is 9.59 Å². The lowest BCUT2D eigenvalue weighted by Crippen LogP contribution is -2.46. The number of alkyl carbamates (subject to hydrolysis) is 1. The number of aliphatic carboxylic acids is 1. The number of carboxylic acid groups (broad SMARTS) is 1. The minimum Gasteiger partial charge on any atom is -0.480 e. The van der Waals surface area contributed by atoms with Crippen molar-refractivity contribution in [1.82, 2.24) is 10.2 Å². The Morgan fingerprint density at radius 3 is 2.21 bits per heavy atom. The smallest absolute Gasteiger partial charge is 0.408 e. The van der Waals surface area contributed by atoms with Crippen LogP contribution in [0.3, 0.4) is 0 Å². The molecule has 1 atom stereocenters. The Kier molecular flexibility index (Phi) is 9.54. The molecule has 0 spiro atoms. The molecule has 0 aromatic heterocycles. The zero-order valence-corrected chi connectivity index (χ0v) is 19.6. The molecule has 0 radical (unpaired) electrons. The number of carbonyl (C=O) groups is 3. The van der Waals surface area contributed by atoms with E-state index in [1.54, 1.807) is 32.9 Å². The fourth-order valence-electron chi connectivity index (χ4n) is 3.04. The molecule has 10 heteroatoms. The van der Waals surface area contributed by atoms with Crippen LogP contribution >= 0.6 is 0 Å². The van der Waals surface area contributed by atoms with Crippen molar-refractivity contribution in [2.45, 2.75) is 45.3 Å². The quantitative estimate of drug-likeness (QED) is 0.440. The second kappa shape index (κ2) is 12.3. The first-order chi connectivity index (χ1) is 16.0. The molecule has 1 heterocycles. The van der Waals surface area contributed by atoms with E-state index in [0.29, 0.717) is 19.4 Å². The van der Waals surface area contributed by atoms with Crippen molar-refractivity contribution in [1.29, 1.82) is 0 Å². The van der Waals surface area contributed by atoms with E-state index >= 15 is 0 Å². The highest BCUT2D eigenvalue weighted by Gasteiger charge is 2.33. The first-order valence-corrected chi connectivity index (χ1v) is 10.9. The van der Waals surface area contributed by atoms with Crippen LogP contribution in [0.5, 0.6) is 0 Å². The van der Waals surface area contributed by atoms with Crippen LogP contribution in [0.25, 0.3) is 0 Å². The minimum atomic E-state index is -1.01. The van der Waals surface area contributed by atoms with E-state index in [4.69, 9.17) is 15.6 Å². The second-order valence-corrected chi connectivity index (χ2v) is 8.57. The molecule has 0 unspecified atom stereocenters. The van der Waals surface area contributed by atoms with Gasteiger partial charge in [0.1, 0.15) is 18.2 Å². The maximum absolute atomic E-state index is 11.8. The maximum Gasteiger partial charge on any atom is 0.408 e. The SMILES string of the molecule is CC(C)(C)OC(=O)NCC(=O)N1CCC[C@H]1C(=O)O.Nc1ccc(/N=N/c2ccccc2)cc1. The summed E-state index contributed by atoms with van der Waals surface area (Å²) >= 11 is 0. The number of benzene rings is 2. The molecule has 2 aromatic carbocycles. The lowest BCUT2D eigenvalue weighted by molar-refractivity contribution is -0.147. The predicted molar refractivity (Wildman–Crippen MR) is 128 cm³/mol. The van der Waals surface area contributed by atoms with Crippen LogP contribution in [0.4, 0.5) is 21.9 Å². The number of ether oxygens (including phenoxy) is 1. The third-order valence-corrected chi connectivity index (χ3v) is 4.57. The fraction of sp³-hybridized carbons (Fsp3) is 0.375. The zero-order chi connectivity index (χ0) is 25.1. The number of hydrogen-bond donors (Lipinski definition) is 3. The molecule has 1 fully saturated rings. The van der Waals surface area contributed by atoms with Gasteiger partial charge in [-0.2, -0.15) is 10.2 Å². The number of nitrogen functional groups attached to an aromatic ring is 1. The van der Waals surface area contributed by atoms with E-state index in [0.717, 1.165) is 17.1 Å². The Morgan fingerprint density at radius 1 is 1.06 bits per heavy atom. The van der Waals surface area contributed by atoms with E-state index in [-0.39, 0.29) is 6.54 Å². The van der Waals surface area contributed by atoms with Crippen LogP contribution in [0, 0.1) is 0 Å². The normalized spacial score (nSPS) is 15.4. The van der Waals surface area contributed by atoms with Crippen molar-refractivity contribution in [3.05, 3.63) is 54.6 Å². The summed E-state index contributed by atoms with van der Waals surface area (Å²) in [5.74, 6) is -1.42. The van der Waals surface area contributed by atoms with Crippen molar-refractivity contribution in [3.8, 4) is 0 Å². The predicted octanol–water partition coefficient (Wildman–Crippen LogP) is 4.27. The molecule has 0 aliphatic carbocycles. The van der Waals surface area contributed by atoms with Gasteiger partial charge < -0.3 is 25.8 Å². The van der Waals surface area contributed by atoms with Gasteiger partial charge >= 0.3 is 12.1 Å². The molecule has 1 aliphatic heterocycles. The monoisotopic (exact) mass is 469 g/mol. The summed E-state index contributed by atoms with van der Waals surface area (Å²) in [5.41, 5.74) is 7.30. The fourth-order valence-corrected chi connectivity index (χ4v) is 3.04. The molecule has 4 N–H and O–H groups in total. The molecule has 1 aliphatic rings. The highest BCUT2D eigenvalue weighted by molar-refractivity contribution is 5.87. The van der Waals surface area contributed by atoms with Gasteiger partial charge in [0.25, 0.3) is 0 Å². The molecular weight excluding hydrogens is 438 g/mol. The summed E-state index contributed by atoms with van der Waals surface area (Å²) in [4.78, 5) is 35.4. The van der Waals surface area contributed by atoms with Crippen molar-refractivity contribution < 1.29 is 24.2 Å². The summed E-state index contributed by atoms with van der Waals surface area (Å²) in [6, 6.07) is 16.1. The Hall–Kier alpha value is -3.95. The van der Waals surface area contributed by atoms with Crippen LogP contribution in [0.15, 0.2) is 64.8 Å². The van der Waals surface area contributed by atoms with E-state index in [1.807, 2.05) is 42.5 Å². The van der Waals surface area contributed by atoms with Gasteiger partial charge in [0.15, 0.2) is 0 Å². The van der Waals surface area contributed by atoms with Crippen LogP contribution < -0.4 is 11.1 Å². The molecule has 1 saturated heterocycles. The van der Waals surface area contributed by atoms with E-state index in [2.05, 4.69) is 15.5 Å². The van der Waals surface area contributed by atoms with Crippen LogP contribution in [-0.4, -0.2) is 52.7 Å². The van der Waals surface area contributed by atoms with Gasteiger partial charge in [0.05, 0.1) is 11.4 Å². The molecule has 0 saturated carbocycles. The number of likely N-dealkylation sites (tertiary alicyclic amines) is 1. The Labute approximate surface area is 198 Å². The molecule has 0 bridgehead atoms. The highest BCUT2D eigenvalue weighted by Crippen LogP contribution is 2.19. The Balaban J connectivity index is 0.000000246. The lowest BCUT2D eigenvalue weighted by Gasteiger charge is -2.23. The van der Waals surface area contributed by atoms with Gasteiger partial charge in [-0.3, -0.25) is 4.79 Å². The maximum atomic E-state index is 11.8. The number of nitrogens with one attached hydrogen (secondary N) is 1. The minimum absolute atomic E-state index is 0.251. The number of azo groups is 1. The summed E-state index contributed by atoms with van der Waals surface area (Å²) in [7, 11) is 0. The number of carbonyl (C=O) groups excluding carboxylic acids is 2. The number of nitrogens with two attached hydrogens (primary N) is 1. The lowest BCUT2D eigenvalue weighted by atomic mass is 10.2. The van der Waals surface area contributed by atoms with Crippen molar-refractivity contribution >= 4 is 35.0 Å². The van der Waals surface area contributed by atoms with Gasteiger partial charge in [-0.1, -0.05) is 18.2 Å². The summed E-state index contributed by atoms with van der Waals surface area (Å²) in [6.07, 6.45) is 0.426. The number of anilines is 1. The molecular formula is C24H31N5O5. The number of carboxylic acids is 1. The summed E-state index contributed by atoms with van der Waals surface area (Å²) in [6.45, 7) is 5.31. The van der Waals surface area contributed by atoms with Gasteiger partial charge in [-0.05, 0) is 70.0 Å². The first kappa shape index (κ1) is 26.3. The van der Waals surface area contributed by atoms with Crippen molar-refractivity contribution in [3.63, 3.8) is 0 Å². The van der Waals surface area contributed by atoms with E-state index < -0.39 is 29.6 Å². The number of rotatable bonds is 5.